The predicted octanol–water partition coefficient (Wildman–Crippen LogP) is 7.61. The van der Waals surface area contributed by atoms with Gasteiger partial charge in [0, 0.05) is 38.3 Å². The van der Waals surface area contributed by atoms with Crippen molar-refractivity contribution >= 4 is 44.1 Å². The van der Waals surface area contributed by atoms with Gasteiger partial charge in [-0.15, -0.1) is 0 Å². The van der Waals surface area contributed by atoms with Gasteiger partial charge in [-0.05, 0) is 62.2 Å². The molecule has 0 aliphatic carbocycles. The molecule has 0 aliphatic rings. The maximum absolute atomic E-state index is 12.7. The smallest absolute Gasteiger partial charge is 0.248 e. The highest BCUT2D eigenvalue weighted by Crippen LogP contribution is 2.40. The number of furan rings is 1. The SMILES string of the molecule is CCOc1c(/C(C)=C/C(=O)Nc2ccc(Br)cc2)cc2c(-c3ccccc3)coc2c1C. The van der Waals surface area contributed by atoms with E-state index >= 15 is 0 Å². The van der Waals surface area contributed by atoms with Crippen molar-refractivity contribution < 1.29 is 13.9 Å². The third-order valence-corrected chi connectivity index (χ3v) is 5.83. The van der Waals surface area contributed by atoms with Crippen molar-refractivity contribution in [2.45, 2.75) is 20.8 Å². The van der Waals surface area contributed by atoms with E-state index in [2.05, 4.69) is 39.4 Å². The molecule has 1 aromatic heterocycles. The Morgan fingerprint density at radius 3 is 2.53 bits per heavy atom. The van der Waals surface area contributed by atoms with Gasteiger partial charge in [-0.25, -0.2) is 0 Å². The molecule has 1 N–H and O–H groups in total. The number of nitrogens with one attached hydrogen (secondary N) is 1. The highest BCUT2D eigenvalue weighted by atomic mass is 79.9. The Morgan fingerprint density at radius 1 is 1.12 bits per heavy atom. The van der Waals surface area contributed by atoms with Crippen LogP contribution in [-0.4, -0.2) is 12.5 Å². The lowest BCUT2D eigenvalue weighted by Gasteiger charge is -2.15. The number of hydrogen-bond acceptors (Lipinski definition) is 3. The quantitative estimate of drug-likeness (QED) is 0.283. The van der Waals surface area contributed by atoms with Crippen molar-refractivity contribution in [2.75, 3.05) is 11.9 Å². The fraction of sp³-hybridized carbons (Fsp3) is 0.148. The standard InChI is InChI=1S/C27H24BrNO3/c1-4-31-26-18(3)27-23(24(16-32-27)19-8-6-5-7-9-19)15-22(26)17(2)14-25(30)29-21-12-10-20(28)11-13-21/h5-16H,4H2,1-3H3,(H,29,30)/b17-14+. The lowest BCUT2D eigenvalue weighted by atomic mass is 9.96. The average Bonchev–Trinajstić information content (AvgIpc) is 3.22. The van der Waals surface area contributed by atoms with E-state index in [1.54, 1.807) is 12.3 Å². The Morgan fingerprint density at radius 2 is 1.84 bits per heavy atom. The van der Waals surface area contributed by atoms with Crippen molar-refractivity contribution in [3.8, 4) is 16.9 Å². The van der Waals surface area contributed by atoms with Gasteiger partial charge in [-0.3, -0.25) is 4.79 Å². The highest BCUT2D eigenvalue weighted by molar-refractivity contribution is 9.10. The van der Waals surface area contributed by atoms with Gasteiger partial charge in [0.25, 0.3) is 0 Å². The summed E-state index contributed by atoms with van der Waals surface area (Å²) in [6, 6.07) is 19.7. The molecule has 0 unspecified atom stereocenters. The van der Waals surface area contributed by atoms with E-state index in [-0.39, 0.29) is 5.91 Å². The van der Waals surface area contributed by atoms with Crippen LogP contribution >= 0.6 is 15.9 Å². The fourth-order valence-corrected chi connectivity index (χ4v) is 4.03. The van der Waals surface area contributed by atoms with Crippen LogP contribution in [0.3, 0.4) is 0 Å². The number of ether oxygens (including phenoxy) is 1. The van der Waals surface area contributed by atoms with E-state index in [1.807, 2.05) is 63.2 Å². The third-order valence-electron chi connectivity index (χ3n) is 5.30. The molecule has 4 aromatic rings. The number of carbonyl (C=O) groups is 1. The van der Waals surface area contributed by atoms with Crippen LogP contribution in [0.1, 0.15) is 25.0 Å². The minimum absolute atomic E-state index is 0.194. The molecule has 32 heavy (non-hydrogen) atoms. The van der Waals surface area contributed by atoms with Crippen LogP contribution in [0.15, 0.2) is 81.9 Å². The fourth-order valence-electron chi connectivity index (χ4n) is 3.77. The van der Waals surface area contributed by atoms with Crippen molar-refractivity contribution in [1.29, 1.82) is 0 Å². The van der Waals surface area contributed by atoms with Crippen LogP contribution in [0, 0.1) is 6.92 Å². The molecule has 0 fully saturated rings. The summed E-state index contributed by atoms with van der Waals surface area (Å²) < 4.78 is 12.9. The van der Waals surface area contributed by atoms with Gasteiger partial charge in [-0.2, -0.15) is 0 Å². The number of aryl methyl sites for hydroxylation is 1. The van der Waals surface area contributed by atoms with Crippen LogP contribution in [0.2, 0.25) is 0 Å². The molecular formula is C27H24BrNO3. The lowest BCUT2D eigenvalue weighted by molar-refractivity contribution is -0.111. The molecule has 0 saturated carbocycles. The van der Waals surface area contributed by atoms with Crippen LogP contribution in [0.5, 0.6) is 5.75 Å². The van der Waals surface area contributed by atoms with Crippen LogP contribution in [-0.2, 0) is 4.79 Å². The molecule has 1 amide bonds. The zero-order chi connectivity index (χ0) is 22.7. The summed E-state index contributed by atoms with van der Waals surface area (Å²) in [7, 11) is 0. The van der Waals surface area contributed by atoms with Crippen LogP contribution in [0.25, 0.3) is 27.7 Å². The number of anilines is 1. The molecule has 4 nitrogen and oxygen atoms in total. The summed E-state index contributed by atoms with van der Waals surface area (Å²) in [5, 5.41) is 3.90. The molecule has 0 spiro atoms. The molecule has 162 valence electrons. The van der Waals surface area contributed by atoms with Gasteiger partial charge >= 0.3 is 0 Å². The molecule has 0 aliphatic heterocycles. The zero-order valence-electron chi connectivity index (χ0n) is 18.2. The maximum Gasteiger partial charge on any atom is 0.248 e. The molecule has 5 heteroatoms. The molecule has 0 radical (unpaired) electrons. The van der Waals surface area contributed by atoms with Gasteiger partial charge in [0.2, 0.25) is 5.91 Å². The molecule has 3 aromatic carbocycles. The van der Waals surface area contributed by atoms with Gasteiger partial charge < -0.3 is 14.5 Å². The summed E-state index contributed by atoms with van der Waals surface area (Å²) >= 11 is 3.40. The summed E-state index contributed by atoms with van der Waals surface area (Å²) in [6.45, 7) is 6.38. The van der Waals surface area contributed by atoms with Crippen molar-refractivity contribution in [2.24, 2.45) is 0 Å². The molecule has 0 bridgehead atoms. The first-order valence-corrected chi connectivity index (χ1v) is 11.3. The molecular weight excluding hydrogens is 466 g/mol. The molecule has 4 rings (SSSR count). The lowest BCUT2D eigenvalue weighted by Crippen LogP contribution is -2.08. The average molecular weight is 490 g/mol. The van der Waals surface area contributed by atoms with Crippen LogP contribution < -0.4 is 10.1 Å². The number of amides is 1. The molecule has 1 heterocycles. The monoisotopic (exact) mass is 489 g/mol. The van der Waals surface area contributed by atoms with E-state index in [4.69, 9.17) is 9.15 Å². The largest absolute Gasteiger partial charge is 0.493 e. The number of rotatable bonds is 6. The van der Waals surface area contributed by atoms with Gasteiger partial charge in [0.1, 0.15) is 11.3 Å². The molecule has 0 saturated heterocycles. The Kier molecular flexibility index (Phi) is 6.47. The number of benzene rings is 3. The number of hydrogen-bond donors (Lipinski definition) is 1. The number of allylic oxidation sites excluding steroid dienone is 1. The first-order valence-electron chi connectivity index (χ1n) is 10.5. The van der Waals surface area contributed by atoms with Crippen molar-refractivity contribution in [3.63, 3.8) is 0 Å². The minimum Gasteiger partial charge on any atom is -0.493 e. The topological polar surface area (TPSA) is 51.5 Å². The second-order valence-corrected chi connectivity index (χ2v) is 8.44. The van der Waals surface area contributed by atoms with Gasteiger partial charge in [-0.1, -0.05) is 46.3 Å². The van der Waals surface area contributed by atoms with Crippen molar-refractivity contribution in [1.82, 2.24) is 0 Å². The van der Waals surface area contributed by atoms with Gasteiger partial charge in [0.15, 0.2) is 0 Å². The molecule has 0 atom stereocenters. The second-order valence-electron chi connectivity index (χ2n) is 7.53. The third kappa shape index (κ3) is 4.48. The Hall–Kier alpha value is -3.31. The van der Waals surface area contributed by atoms with Crippen molar-refractivity contribution in [3.05, 3.63) is 88.6 Å². The summed E-state index contributed by atoms with van der Waals surface area (Å²) in [4.78, 5) is 12.7. The van der Waals surface area contributed by atoms with E-state index in [1.165, 1.54) is 0 Å². The summed E-state index contributed by atoms with van der Waals surface area (Å²) in [5.41, 5.74) is 6.23. The Balaban J connectivity index is 1.77. The number of fused-ring (bicyclic) bond motifs is 1. The van der Waals surface area contributed by atoms with Crippen LogP contribution in [0.4, 0.5) is 5.69 Å². The maximum atomic E-state index is 12.7. The Bertz CT molecular complexity index is 1290. The van der Waals surface area contributed by atoms with E-state index < -0.39 is 0 Å². The van der Waals surface area contributed by atoms with Gasteiger partial charge in [0.05, 0.1) is 12.9 Å². The second kappa shape index (κ2) is 9.45. The number of carbonyl (C=O) groups excluding carboxylic acids is 1. The normalized spacial score (nSPS) is 11.6. The number of halogens is 1. The highest BCUT2D eigenvalue weighted by Gasteiger charge is 2.19. The first-order chi connectivity index (χ1) is 15.5. The summed E-state index contributed by atoms with van der Waals surface area (Å²) in [5.74, 6) is 0.541. The Labute approximate surface area is 196 Å². The van der Waals surface area contributed by atoms with E-state index in [0.29, 0.717) is 6.61 Å². The van der Waals surface area contributed by atoms with E-state index in [9.17, 15) is 4.79 Å². The minimum atomic E-state index is -0.194. The first kappa shape index (κ1) is 21.9. The predicted molar refractivity (Wildman–Crippen MR) is 134 cm³/mol. The van der Waals surface area contributed by atoms with E-state index in [0.717, 1.165) is 54.7 Å². The summed E-state index contributed by atoms with van der Waals surface area (Å²) in [6.07, 6.45) is 3.39. The zero-order valence-corrected chi connectivity index (χ0v) is 19.8.